The second-order valence-electron chi connectivity index (χ2n) is 4.16. The summed E-state index contributed by atoms with van der Waals surface area (Å²) in [4.78, 5) is 26.1. The molecule has 1 aromatic rings. The Morgan fingerprint density at radius 1 is 1.20 bits per heavy atom. The van der Waals surface area contributed by atoms with Gasteiger partial charge >= 0.3 is 0 Å². The molecule has 20 heavy (non-hydrogen) atoms. The van der Waals surface area contributed by atoms with Crippen LogP contribution in [0.3, 0.4) is 0 Å². The predicted molar refractivity (Wildman–Crippen MR) is 75.0 cm³/mol. The molecule has 0 saturated carbocycles. The van der Waals surface area contributed by atoms with Gasteiger partial charge in [0.2, 0.25) is 23.8 Å². The predicted octanol–water partition coefficient (Wildman–Crippen LogP) is -1.09. The van der Waals surface area contributed by atoms with E-state index in [1.807, 2.05) is 4.90 Å². The van der Waals surface area contributed by atoms with Crippen LogP contribution in [0.25, 0.3) is 0 Å². The summed E-state index contributed by atoms with van der Waals surface area (Å²) in [5, 5.41) is 8.29. The monoisotopic (exact) mass is 281 g/mol. The van der Waals surface area contributed by atoms with E-state index in [0.717, 1.165) is 13.1 Å². The SMILES string of the molecule is CNC(=O)CNc1nc(NC)nc(N2CCOCC2)n1. The molecule has 1 saturated heterocycles. The Morgan fingerprint density at radius 2 is 1.90 bits per heavy atom. The number of likely N-dealkylation sites (N-methyl/N-ethyl adjacent to an activating group) is 1. The number of carbonyl (C=O) groups excluding carboxylic acids is 1. The molecule has 1 aromatic heterocycles. The molecule has 0 aromatic carbocycles. The molecule has 110 valence electrons. The summed E-state index contributed by atoms with van der Waals surface area (Å²) in [5.74, 6) is 1.27. The van der Waals surface area contributed by atoms with Gasteiger partial charge in [0.25, 0.3) is 0 Å². The summed E-state index contributed by atoms with van der Waals surface area (Å²) >= 11 is 0. The first-order valence-electron chi connectivity index (χ1n) is 6.44. The number of ether oxygens (including phenoxy) is 1. The summed E-state index contributed by atoms with van der Waals surface area (Å²) in [6.45, 7) is 2.90. The zero-order chi connectivity index (χ0) is 14.4. The summed E-state index contributed by atoms with van der Waals surface area (Å²) in [5.41, 5.74) is 0. The van der Waals surface area contributed by atoms with Crippen LogP contribution in [0.15, 0.2) is 0 Å². The lowest BCUT2D eigenvalue weighted by atomic mass is 10.4. The van der Waals surface area contributed by atoms with Gasteiger partial charge in [-0.15, -0.1) is 0 Å². The number of rotatable bonds is 5. The summed E-state index contributed by atoms with van der Waals surface area (Å²) in [7, 11) is 3.32. The number of hydrogen-bond acceptors (Lipinski definition) is 8. The standard InChI is InChI=1S/C11H19N7O2/c1-12-8(19)7-14-10-15-9(13-2)16-11(17-10)18-3-5-20-6-4-18/h3-7H2,1-2H3,(H,12,19)(H2,13,14,15,16,17). The molecule has 0 aliphatic carbocycles. The Kier molecular flexibility index (Phi) is 4.88. The number of carbonyl (C=O) groups is 1. The first-order valence-corrected chi connectivity index (χ1v) is 6.44. The largest absolute Gasteiger partial charge is 0.378 e. The smallest absolute Gasteiger partial charge is 0.239 e. The lowest BCUT2D eigenvalue weighted by Crippen LogP contribution is -2.37. The van der Waals surface area contributed by atoms with Crippen LogP contribution in [0.1, 0.15) is 0 Å². The first-order chi connectivity index (χ1) is 9.72. The minimum Gasteiger partial charge on any atom is -0.378 e. The van der Waals surface area contributed by atoms with Gasteiger partial charge < -0.3 is 25.6 Å². The first kappa shape index (κ1) is 14.3. The minimum absolute atomic E-state index is 0.117. The number of morpholine rings is 1. The number of aromatic nitrogens is 3. The van der Waals surface area contributed by atoms with Gasteiger partial charge in [-0.05, 0) is 0 Å². The van der Waals surface area contributed by atoms with E-state index in [1.54, 1.807) is 14.1 Å². The normalized spacial score (nSPS) is 14.8. The number of hydrogen-bond donors (Lipinski definition) is 3. The highest BCUT2D eigenvalue weighted by molar-refractivity contribution is 5.79. The van der Waals surface area contributed by atoms with E-state index in [-0.39, 0.29) is 12.5 Å². The molecular formula is C11H19N7O2. The van der Waals surface area contributed by atoms with Crippen molar-refractivity contribution in [2.24, 2.45) is 0 Å². The van der Waals surface area contributed by atoms with Crippen molar-refractivity contribution in [2.75, 3.05) is 62.5 Å². The molecule has 0 atom stereocenters. The Labute approximate surface area is 117 Å². The van der Waals surface area contributed by atoms with Gasteiger partial charge in [-0.25, -0.2) is 0 Å². The van der Waals surface area contributed by atoms with Crippen LogP contribution in [-0.2, 0) is 9.53 Å². The molecule has 9 nitrogen and oxygen atoms in total. The van der Waals surface area contributed by atoms with E-state index in [2.05, 4.69) is 30.9 Å². The van der Waals surface area contributed by atoms with E-state index in [1.165, 1.54) is 0 Å². The van der Waals surface area contributed by atoms with E-state index in [4.69, 9.17) is 4.74 Å². The van der Waals surface area contributed by atoms with Crippen LogP contribution in [0.5, 0.6) is 0 Å². The summed E-state index contributed by atoms with van der Waals surface area (Å²) in [6, 6.07) is 0. The van der Waals surface area contributed by atoms with Crippen LogP contribution in [0.2, 0.25) is 0 Å². The molecule has 2 rings (SSSR count). The van der Waals surface area contributed by atoms with E-state index in [9.17, 15) is 4.79 Å². The van der Waals surface area contributed by atoms with Gasteiger partial charge in [0.05, 0.1) is 19.8 Å². The van der Waals surface area contributed by atoms with Crippen LogP contribution in [0.4, 0.5) is 17.8 Å². The lowest BCUT2D eigenvalue weighted by Gasteiger charge is -2.27. The van der Waals surface area contributed by atoms with E-state index in [0.29, 0.717) is 31.1 Å². The van der Waals surface area contributed by atoms with Crippen molar-refractivity contribution < 1.29 is 9.53 Å². The second-order valence-corrected chi connectivity index (χ2v) is 4.16. The third-order valence-corrected chi connectivity index (χ3v) is 2.83. The molecule has 1 aliphatic rings. The fourth-order valence-corrected chi connectivity index (χ4v) is 1.71. The van der Waals surface area contributed by atoms with Crippen LogP contribution in [0, 0.1) is 0 Å². The maximum Gasteiger partial charge on any atom is 0.239 e. The molecule has 0 radical (unpaired) electrons. The Bertz CT molecular complexity index is 462. The molecule has 0 spiro atoms. The molecule has 1 aliphatic heterocycles. The number of anilines is 3. The zero-order valence-corrected chi connectivity index (χ0v) is 11.6. The maximum absolute atomic E-state index is 11.2. The highest BCUT2D eigenvalue weighted by atomic mass is 16.5. The fraction of sp³-hybridized carbons (Fsp3) is 0.636. The molecule has 0 bridgehead atoms. The summed E-state index contributed by atoms with van der Waals surface area (Å²) in [6.07, 6.45) is 0. The number of amides is 1. The highest BCUT2D eigenvalue weighted by Crippen LogP contribution is 2.14. The topological polar surface area (TPSA) is 104 Å². The van der Waals surface area contributed by atoms with Gasteiger partial charge in [-0.1, -0.05) is 0 Å². The van der Waals surface area contributed by atoms with Crippen LogP contribution in [-0.4, -0.2) is 67.8 Å². The van der Waals surface area contributed by atoms with Crippen molar-refractivity contribution in [1.29, 1.82) is 0 Å². The van der Waals surface area contributed by atoms with Crippen LogP contribution < -0.4 is 20.9 Å². The van der Waals surface area contributed by atoms with Gasteiger partial charge in [0.1, 0.15) is 0 Å². The van der Waals surface area contributed by atoms with E-state index >= 15 is 0 Å². The molecule has 9 heteroatoms. The van der Waals surface area contributed by atoms with Gasteiger partial charge in [0, 0.05) is 27.2 Å². The number of nitrogens with zero attached hydrogens (tertiary/aromatic N) is 4. The molecule has 3 N–H and O–H groups in total. The fourth-order valence-electron chi connectivity index (χ4n) is 1.71. The van der Waals surface area contributed by atoms with Crippen molar-refractivity contribution in [2.45, 2.75) is 0 Å². The van der Waals surface area contributed by atoms with Gasteiger partial charge in [0.15, 0.2) is 0 Å². The molecule has 2 heterocycles. The highest BCUT2D eigenvalue weighted by Gasteiger charge is 2.16. The zero-order valence-electron chi connectivity index (χ0n) is 11.6. The van der Waals surface area contributed by atoms with Gasteiger partial charge in [-0.3, -0.25) is 4.79 Å². The molecule has 1 fully saturated rings. The summed E-state index contributed by atoms with van der Waals surface area (Å²) < 4.78 is 5.30. The molecule has 1 amide bonds. The Hall–Kier alpha value is -2.16. The van der Waals surface area contributed by atoms with Crippen LogP contribution >= 0.6 is 0 Å². The van der Waals surface area contributed by atoms with Crippen molar-refractivity contribution in [3.05, 3.63) is 0 Å². The molecule has 0 unspecified atom stereocenters. The van der Waals surface area contributed by atoms with Crippen molar-refractivity contribution in [3.63, 3.8) is 0 Å². The number of nitrogens with one attached hydrogen (secondary N) is 3. The van der Waals surface area contributed by atoms with E-state index < -0.39 is 0 Å². The third kappa shape index (κ3) is 3.67. The average Bonchev–Trinajstić information content (AvgIpc) is 2.53. The van der Waals surface area contributed by atoms with Crippen molar-refractivity contribution in [3.8, 4) is 0 Å². The third-order valence-electron chi connectivity index (χ3n) is 2.83. The maximum atomic E-state index is 11.2. The second kappa shape index (κ2) is 6.85. The Morgan fingerprint density at radius 3 is 2.55 bits per heavy atom. The Balaban J connectivity index is 2.12. The molecular weight excluding hydrogens is 262 g/mol. The van der Waals surface area contributed by atoms with Gasteiger partial charge in [-0.2, -0.15) is 15.0 Å². The minimum atomic E-state index is -0.135. The average molecular weight is 281 g/mol. The van der Waals surface area contributed by atoms with Crippen molar-refractivity contribution >= 4 is 23.8 Å². The lowest BCUT2D eigenvalue weighted by molar-refractivity contribution is -0.118. The van der Waals surface area contributed by atoms with Crippen molar-refractivity contribution in [1.82, 2.24) is 20.3 Å². The quantitative estimate of drug-likeness (QED) is 0.625.